The maximum atomic E-state index is 13.3. The maximum Gasteiger partial charge on any atom is 0.311 e. The van der Waals surface area contributed by atoms with Gasteiger partial charge in [0.25, 0.3) is 12.3 Å². The fourth-order valence-corrected chi connectivity index (χ4v) is 2.25. The van der Waals surface area contributed by atoms with Crippen molar-refractivity contribution in [2.75, 3.05) is 0 Å². The van der Waals surface area contributed by atoms with Crippen LogP contribution in [0, 0.1) is 12.7 Å². The van der Waals surface area contributed by atoms with Gasteiger partial charge in [0.15, 0.2) is 0 Å². The summed E-state index contributed by atoms with van der Waals surface area (Å²) in [7, 11) is 0. The number of aliphatic carboxylic acids is 1. The van der Waals surface area contributed by atoms with Crippen molar-refractivity contribution in [1.29, 1.82) is 0 Å². The molecular formula is C16H14F3NO4. The Balaban J connectivity index is 2.27. The Morgan fingerprint density at radius 2 is 1.88 bits per heavy atom. The molecule has 0 saturated heterocycles. The standard InChI is InChI=1S/C16H14F3NO4/c1-8-7-24-11(6-12(21)22)13(8)16(23)20-14(15(18)19)9-2-4-10(17)5-3-9/h2-5,7,14-15H,6H2,1H3,(H,20,23)(H,21,22)/t14-/m1/s1. The quantitative estimate of drug-likeness (QED) is 0.846. The minimum Gasteiger partial charge on any atom is -0.481 e. The molecule has 24 heavy (non-hydrogen) atoms. The van der Waals surface area contributed by atoms with Crippen LogP contribution >= 0.6 is 0 Å². The monoisotopic (exact) mass is 341 g/mol. The van der Waals surface area contributed by atoms with Crippen molar-refractivity contribution in [3.8, 4) is 0 Å². The predicted molar refractivity (Wildman–Crippen MR) is 77.4 cm³/mol. The van der Waals surface area contributed by atoms with E-state index < -0.39 is 36.6 Å². The summed E-state index contributed by atoms with van der Waals surface area (Å²) in [4.78, 5) is 23.1. The molecule has 1 aromatic carbocycles. The van der Waals surface area contributed by atoms with Crippen LogP contribution in [0.4, 0.5) is 13.2 Å². The first-order chi connectivity index (χ1) is 11.3. The molecule has 0 spiro atoms. The summed E-state index contributed by atoms with van der Waals surface area (Å²) in [6, 6.07) is 2.65. The number of halogens is 3. The van der Waals surface area contributed by atoms with Crippen molar-refractivity contribution in [2.24, 2.45) is 0 Å². The van der Waals surface area contributed by atoms with Crippen molar-refractivity contribution in [3.05, 3.63) is 58.8 Å². The van der Waals surface area contributed by atoms with Gasteiger partial charge < -0.3 is 14.8 Å². The fourth-order valence-electron chi connectivity index (χ4n) is 2.25. The summed E-state index contributed by atoms with van der Waals surface area (Å²) in [5.41, 5.74) is 0.265. The SMILES string of the molecule is Cc1coc(CC(=O)O)c1C(=O)N[C@H](c1ccc(F)cc1)C(F)F. The highest BCUT2D eigenvalue weighted by Gasteiger charge is 2.28. The first-order valence-corrected chi connectivity index (χ1v) is 6.92. The fraction of sp³-hybridized carbons (Fsp3) is 0.250. The van der Waals surface area contributed by atoms with Crippen molar-refractivity contribution < 1.29 is 32.3 Å². The number of carboxylic acids is 1. The van der Waals surface area contributed by atoms with Crippen molar-refractivity contribution >= 4 is 11.9 Å². The Hall–Kier alpha value is -2.77. The van der Waals surface area contributed by atoms with Crippen LogP contribution in [0.15, 0.2) is 34.9 Å². The number of carbonyl (C=O) groups is 2. The average Bonchev–Trinajstić information content (AvgIpc) is 2.85. The number of benzene rings is 1. The third kappa shape index (κ3) is 3.95. The van der Waals surface area contributed by atoms with Crippen LogP contribution in [0.25, 0.3) is 0 Å². The molecule has 1 aromatic heterocycles. The van der Waals surface area contributed by atoms with E-state index in [1.807, 2.05) is 0 Å². The molecular weight excluding hydrogens is 327 g/mol. The summed E-state index contributed by atoms with van der Waals surface area (Å²) in [5, 5.41) is 11.0. The van der Waals surface area contributed by atoms with Gasteiger partial charge in [-0.2, -0.15) is 0 Å². The van der Waals surface area contributed by atoms with Crippen LogP contribution in [0.3, 0.4) is 0 Å². The average molecular weight is 341 g/mol. The summed E-state index contributed by atoms with van der Waals surface area (Å²) in [5.74, 6) is -2.81. The smallest absolute Gasteiger partial charge is 0.311 e. The Morgan fingerprint density at radius 3 is 2.42 bits per heavy atom. The van der Waals surface area contributed by atoms with Crippen LogP contribution < -0.4 is 5.32 Å². The molecule has 0 unspecified atom stereocenters. The van der Waals surface area contributed by atoms with Crippen LogP contribution in [-0.4, -0.2) is 23.4 Å². The second-order valence-corrected chi connectivity index (χ2v) is 5.12. The van der Waals surface area contributed by atoms with Crippen LogP contribution in [-0.2, 0) is 11.2 Å². The van der Waals surface area contributed by atoms with E-state index in [0.717, 1.165) is 24.3 Å². The highest BCUT2D eigenvalue weighted by Crippen LogP contribution is 2.24. The third-order valence-electron chi connectivity index (χ3n) is 3.36. The second kappa shape index (κ2) is 7.20. The topological polar surface area (TPSA) is 79.5 Å². The summed E-state index contributed by atoms with van der Waals surface area (Å²) < 4.78 is 44.5. The van der Waals surface area contributed by atoms with E-state index in [2.05, 4.69) is 5.32 Å². The molecule has 1 heterocycles. The molecule has 0 fully saturated rings. The van der Waals surface area contributed by atoms with Gasteiger partial charge in [0.05, 0.1) is 11.8 Å². The van der Waals surface area contributed by atoms with E-state index in [-0.39, 0.29) is 16.9 Å². The predicted octanol–water partition coefficient (Wildman–Crippen LogP) is 3.09. The highest BCUT2D eigenvalue weighted by atomic mass is 19.3. The highest BCUT2D eigenvalue weighted by molar-refractivity contribution is 5.97. The van der Waals surface area contributed by atoms with Gasteiger partial charge in [-0.05, 0) is 24.6 Å². The van der Waals surface area contributed by atoms with E-state index in [0.29, 0.717) is 5.56 Å². The molecule has 0 aliphatic carbocycles. The van der Waals surface area contributed by atoms with Crippen LogP contribution in [0.5, 0.6) is 0 Å². The van der Waals surface area contributed by atoms with Gasteiger partial charge in [0, 0.05) is 5.56 Å². The van der Waals surface area contributed by atoms with Gasteiger partial charge in [0.1, 0.15) is 24.0 Å². The van der Waals surface area contributed by atoms with Gasteiger partial charge in [0.2, 0.25) is 0 Å². The number of carbonyl (C=O) groups excluding carboxylic acids is 1. The lowest BCUT2D eigenvalue weighted by molar-refractivity contribution is -0.136. The molecule has 2 rings (SSSR count). The maximum absolute atomic E-state index is 13.3. The normalized spacial score (nSPS) is 12.2. The number of hydrogen-bond acceptors (Lipinski definition) is 3. The molecule has 2 aromatic rings. The molecule has 8 heteroatoms. The number of aryl methyl sites for hydroxylation is 1. The van der Waals surface area contributed by atoms with Gasteiger partial charge in [-0.3, -0.25) is 9.59 Å². The van der Waals surface area contributed by atoms with E-state index in [1.54, 1.807) is 0 Å². The number of alkyl halides is 2. The Bertz CT molecular complexity index is 740. The van der Waals surface area contributed by atoms with Crippen LogP contribution in [0.2, 0.25) is 0 Å². The third-order valence-corrected chi connectivity index (χ3v) is 3.36. The van der Waals surface area contributed by atoms with E-state index in [4.69, 9.17) is 9.52 Å². The first-order valence-electron chi connectivity index (χ1n) is 6.92. The molecule has 0 bridgehead atoms. The van der Waals surface area contributed by atoms with Crippen molar-refractivity contribution in [2.45, 2.75) is 25.8 Å². The van der Waals surface area contributed by atoms with Crippen molar-refractivity contribution in [1.82, 2.24) is 5.32 Å². The Morgan fingerprint density at radius 1 is 1.25 bits per heavy atom. The van der Waals surface area contributed by atoms with E-state index in [9.17, 15) is 22.8 Å². The molecule has 128 valence electrons. The van der Waals surface area contributed by atoms with Gasteiger partial charge in [-0.25, -0.2) is 13.2 Å². The zero-order valence-corrected chi connectivity index (χ0v) is 12.6. The summed E-state index contributed by atoms with van der Waals surface area (Å²) >= 11 is 0. The molecule has 1 atom stereocenters. The zero-order valence-electron chi connectivity index (χ0n) is 12.6. The Kier molecular flexibility index (Phi) is 5.28. The van der Waals surface area contributed by atoms with Crippen molar-refractivity contribution in [3.63, 3.8) is 0 Å². The number of hydrogen-bond donors (Lipinski definition) is 2. The van der Waals surface area contributed by atoms with E-state index >= 15 is 0 Å². The van der Waals surface area contributed by atoms with Crippen LogP contribution in [0.1, 0.15) is 33.3 Å². The molecule has 0 aliphatic rings. The molecule has 0 radical (unpaired) electrons. The summed E-state index contributed by atoms with van der Waals surface area (Å²) in [6.45, 7) is 1.50. The molecule has 0 aliphatic heterocycles. The number of rotatable bonds is 6. The molecule has 5 nitrogen and oxygen atoms in total. The lowest BCUT2D eigenvalue weighted by Crippen LogP contribution is -2.33. The molecule has 2 N–H and O–H groups in total. The minimum atomic E-state index is -2.94. The second-order valence-electron chi connectivity index (χ2n) is 5.12. The molecule has 0 saturated carbocycles. The first kappa shape index (κ1) is 17.6. The van der Waals surface area contributed by atoms with Gasteiger partial charge in [-0.15, -0.1) is 0 Å². The lowest BCUT2D eigenvalue weighted by atomic mass is 10.0. The lowest BCUT2D eigenvalue weighted by Gasteiger charge is -2.18. The van der Waals surface area contributed by atoms with E-state index in [1.165, 1.54) is 13.2 Å². The number of furan rings is 1. The molecule has 1 amide bonds. The van der Waals surface area contributed by atoms with Gasteiger partial charge in [-0.1, -0.05) is 12.1 Å². The number of amides is 1. The minimum absolute atomic E-state index is 0.0284. The number of carboxylic acid groups (broad SMARTS) is 1. The number of nitrogens with one attached hydrogen (secondary N) is 1. The summed E-state index contributed by atoms with van der Waals surface area (Å²) in [6.07, 6.45) is -2.30. The largest absolute Gasteiger partial charge is 0.481 e. The van der Waals surface area contributed by atoms with Gasteiger partial charge >= 0.3 is 5.97 Å². The zero-order chi connectivity index (χ0) is 17.9. The Labute approximate surface area is 135 Å².